The van der Waals surface area contributed by atoms with Gasteiger partial charge in [0.25, 0.3) is 0 Å². The lowest BCUT2D eigenvalue weighted by molar-refractivity contribution is 0.434. The lowest BCUT2D eigenvalue weighted by Gasteiger charge is -1.95. The normalized spacial score (nSPS) is 11.1. The van der Waals surface area contributed by atoms with Gasteiger partial charge in [-0.1, -0.05) is 19.0 Å². The predicted molar refractivity (Wildman–Crippen MR) is 56.1 cm³/mol. The van der Waals surface area contributed by atoms with E-state index in [1.54, 1.807) is 17.4 Å². The van der Waals surface area contributed by atoms with Crippen LogP contribution >= 0.6 is 11.3 Å². The molecule has 5 heteroatoms. The number of hydrogen-bond acceptors (Lipinski definition) is 5. The van der Waals surface area contributed by atoms with E-state index in [9.17, 15) is 0 Å². The molecular weight excluding hydrogens is 198 g/mol. The maximum absolute atomic E-state index is 5.45. The van der Waals surface area contributed by atoms with Crippen LogP contribution in [0.15, 0.2) is 16.0 Å². The summed E-state index contributed by atoms with van der Waals surface area (Å²) in [6.07, 6.45) is 0. The van der Waals surface area contributed by atoms with Crippen LogP contribution in [-0.2, 0) is 0 Å². The highest BCUT2D eigenvalue weighted by Gasteiger charge is 2.10. The third kappa shape index (κ3) is 1.63. The van der Waals surface area contributed by atoms with Crippen LogP contribution in [0.2, 0.25) is 0 Å². The van der Waals surface area contributed by atoms with Crippen LogP contribution in [0.4, 0.5) is 5.82 Å². The Labute approximate surface area is 85.7 Å². The summed E-state index contributed by atoms with van der Waals surface area (Å²) < 4.78 is 5.01. The summed E-state index contributed by atoms with van der Waals surface area (Å²) >= 11 is 1.62. The second-order valence-electron chi connectivity index (χ2n) is 3.34. The maximum Gasteiger partial charge on any atom is 0.188 e. The van der Waals surface area contributed by atoms with E-state index in [1.165, 1.54) is 0 Å². The Morgan fingerprint density at radius 1 is 1.50 bits per heavy atom. The van der Waals surface area contributed by atoms with Gasteiger partial charge in [-0.2, -0.15) is 0 Å². The van der Waals surface area contributed by atoms with Crippen LogP contribution in [0.25, 0.3) is 11.5 Å². The molecule has 0 saturated heterocycles. The van der Waals surface area contributed by atoms with Crippen molar-refractivity contribution >= 4 is 17.2 Å². The second kappa shape index (κ2) is 3.42. The fourth-order valence-electron chi connectivity index (χ4n) is 1.08. The minimum Gasteiger partial charge on any atom is -0.381 e. The Hall–Kier alpha value is -1.36. The van der Waals surface area contributed by atoms with E-state index in [0.717, 1.165) is 10.7 Å². The molecule has 0 amide bonds. The van der Waals surface area contributed by atoms with E-state index < -0.39 is 0 Å². The molecule has 0 fully saturated rings. The molecule has 14 heavy (non-hydrogen) atoms. The summed E-state index contributed by atoms with van der Waals surface area (Å²) in [5, 5.41) is 6.66. The number of nitrogen functional groups attached to an aromatic ring is 1. The van der Waals surface area contributed by atoms with Crippen molar-refractivity contribution in [1.82, 2.24) is 10.1 Å². The van der Waals surface area contributed by atoms with Gasteiger partial charge in [-0.15, -0.1) is 11.3 Å². The van der Waals surface area contributed by atoms with Gasteiger partial charge >= 0.3 is 0 Å². The Balaban J connectivity index is 2.33. The summed E-state index contributed by atoms with van der Waals surface area (Å²) in [6, 6.07) is 1.68. The van der Waals surface area contributed by atoms with Gasteiger partial charge in [0.15, 0.2) is 11.6 Å². The number of aromatic nitrogens is 2. The van der Waals surface area contributed by atoms with Gasteiger partial charge in [-0.05, 0) is 0 Å². The zero-order valence-corrected chi connectivity index (χ0v) is 8.84. The van der Waals surface area contributed by atoms with E-state index in [2.05, 4.69) is 24.0 Å². The van der Waals surface area contributed by atoms with E-state index in [0.29, 0.717) is 17.5 Å². The van der Waals surface area contributed by atoms with Crippen LogP contribution in [0.5, 0.6) is 0 Å². The van der Waals surface area contributed by atoms with Crippen LogP contribution in [-0.4, -0.2) is 10.1 Å². The van der Waals surface area contributed by atoms with Gasteiger partial charge in [-0.25, -0.2) is 4.98 Å². The molecule has 0 unspecified atom stereocenters. The Bertz CT molecular complexity index is 433. The first-order valence-corrected chi connectivity index (χ1v) is 5.23. The van der Waals surface area contributed by atoms with Crippen molar-refractivity contribution < 1.29 is 4.52 Å². The molecule has 0 radical (unpaired) electrons. The van der Waals surface area contributed by atoms with Gasteiger partial charge in [0.2, 0.25) is 0 Å². The Kier molecular flexibility index (Phi) is 2.25. The van der Waals surface area contributed by atoms with E-state index in [4.69, 9.17) is 10.3 Å². The van der Waals surface area contributed by atoms with Gasteiger partial charge < -0.3 is 10.3 Å². The molecule has 0 spiro atoms. The van der Waals surface area contributed by atoms with Crippen molar-refractivity contribution in [3.05, 3.63) is 16.5 Å². The molecular formula is C9H11N3OS. The molecule has 0 aliphatic carbocycles. The first-order chi connectivity index (χ1) is 6.66. The summed E-state index contributed by atoms with van der Waals surface area (Å²) in [4.78, 5) is 4.42. The fourth-order valence-corrected chi connectivity index (χ4v) is 1.90. The molecule has 0 aliphatic heterocycles. The van der Waals surface area contributed by atoms with Crippen molar-refractivity contribution in [2.24, 2.45) is 0 Å². The van der Waals surface area contributed by atoms with Crippen molar-refractivity contribution in [3.63, 3.8) is 0 Å². The number of anilines is 1. The molecule has 0 atom stereocenters. The van der Waals surface area contributed by atoms with Gasteiger partial charge in [0.1, 0.15) is 5.69 Å². The number of thiazole rings is 1. The minimum absolute atomic E-state index is 0.388. The molecule has 4 nitrogen and oxygen atoms in total. The molecule has 2 rings (SSSR count). The number of nitrogens with zero attached hydrogens (tertiary/aromatic N) is 2. The monoisotopic (exact) mass is 209 g/mol. The third-order valence-electron chi connectivity index (χ3n) is 1.80. The van der Waals surface area contributed by atoms with Gasteiger partial charge in [-0.3, -0.25) is 0 Å². The van der Waals surface area contributed by atoms with Gasteiger partial charge in [0.05, 0.1) is 5.01 Å². The van der Waals surface area contributed by atoms with Gasteiger partial charge in [0, 0.05) is 17.4 Å². The minimum atomic E-state index is 0.388. The van der Waals surface area contributed by atoms with Crippen LogP contribution in [0, 0.1) is 0 Å². The maximum atomic E-state index is 5.45. The molecule has 0 saturated carbocycles. The van der Waals surface area contributed by atoms with Crippen molar-refractivity contribution in [3.8, 4) is 11.5 Å². The van der Waals surface area contributed by atoms with E-state index >= 15 is 0 Å². The zero-order chi connectivity index (χ0) is 10.1. The quantitative estimate of drug-likeness (QED) is 0.825. The lowest BCUT2D eigenvalue weighted by Crippen LogP contribution is -1.84. The molecule has 0 bridgehead atoms. The topological polar surface area (TPSA) is 64.9 Å². The average Bonchev–Trinajstić information content (AvgIpc) is 2.70. The third-order valence-corrected chi connectivity index (χ3v) is 2.94. The first-order valence-electron chi connectivity index (χ1n) is 4.35. The van der Waals surface area contributed by atoms with E-state index in [1.807, 2.05) is 5.38 Å². The molecule has 74 valence electrons. The molecule has 2 aromatic heterocycles. The van der Waals surface area contributed by atoms with Crippen LogP contribution in [0.3, 0.4) is 0 Å². The summed E-state index contributed by atoms with van der Waals surface area (Å²) in [5.74, 6) is 1.46. The largest absolute Gasteiger partial charge is 0.381 e. The summed E-state index contributed by atoms with van der Waals surface area (Å²) in [7, 11) is 0. The first kappa shape index (κ1) is 9.21. The second-order valence-corrected chi connectivity index (χ2v) is 4.23. The standard InChI is InChI=1S/C9H11N3OS/c1-5(2)9-11-6(4-14-9)7-3-8(10)12-13-7/h3-5H,1-2H3,(H2,10,12). The molecule has 2 heterocycles. The number of hydrogen-bond donors (Lipinski definition) is 1. The number of nitrogens with two attached hydrogens (primary N) is 1. The highest BCUT2D eigenvalue weighted by Crippen LogP contribution is 2.26. The van der Waals surface area contributed by atoms with Crippen LogP contribution in [0.1, 0.15) is 24.8 Å². The summed E-state index contributed by atoms with van der Waals surface area (Å²) in [6.45, 7) is 4.22. The highest BCUT2D eigenvalue weighted by molar-refractivity contribution is 7.10. The molecule has 0 aromatic carbocycles. The zero-order valence-electron chi connectivity index (χ0n) is 8.02. The number of rotatable bonds is 2. The molecule has 2 N–H and O–H groups in total. The van der Waals surface area contributed by atoms with Crippen molar-refractivity contribution in [2.75, 3.05) is 5.73 Å². The van der Waals surface area contributed by atoms with Crippen molar-refractivity contribution in [2.45, 2.75) is 19.8 Å². The Morgan fingerprint density at radius 2 is 2.29 bits per heavy atom. The molecule has 0 aliphatic rings. The SMILES string of the molecule is CC(C)c1nc(-c2cc(N)no2)cs1. The van der Waals surface area contributed by atoms with E-state index in [-0.39, 0.29) is 0 Å². The van der Waals surface area contributed by atoms with Crippen LogP contribution < -0.4 is 5.73 Å². The van der Waals surface area contributed by atoms with Crippen molar-refractivity contribution in [1.29, 1.82) is 0 Å². The average molecular weight is 209 g/mol. The fraction of sp³-hybridized carbons (Fsp3) is 0.333. The lowest BCUT2D eigenvalue weighted by atomic mass is 10.2. The summed E-state index contributed by atoms with van der Waals surface area (Å²) in [5.41, 5.74) is 6.26. The Morgan fingerprint density at radius 3 is 2.79 bits per heavy atom. The highest BCUT2D eigenvalue weighted by atomic mass is 32.1. The molecule has 2 aromatic rings. The smallest absolute Gasteiger partial charge is 0.188 e. The predicted octanol–water partition coefficient (Wildman–Crippen LogP) is 2.50.